The number of amidine groups is 1. The molecule has 2 heterocycles. The lowest BCUT2D eigenvalue weighted by atomic mass is 10.2. The smallest absolute Gasteiger partial charge is 0.286 e. The van der Waals surface area contributed by atoms with Gasteiger partial charge in [-0.3, -0.25) is 4.79 Å². The number of carbonyl (C=O) groups excluding carboxylic acids is 1. The third kappa shape index (κ3) is 2.87. The predicted octanol–water partition coefficient (Wildman–Crippen LogP) is 4.06. The van der Waals surface area contributed by atoms with Gasteiger partial charge in [-0.05, 0) is 48.4 Å². The molecule has 0 aliphatic carbocycles. The maximum Gasteiger partial charge on any atom is 0.286 e. The number of carbonyl (C=O) groups is 1. The fourth-order valence-corrected chi connectivity index (χ4v) is 3.62. The number of likely N-dealkylation sites (tertiary alicyclic amines) is 1. The minimum atomic E-state index is -0.192. The van der Waals surface area contributed by atoms with E-state index in [2.05, 4.69) is 9.89 Å². The fourth-order valence-electron chi connectivity index (χ4n) is 2.20. The van der Waals surface area contributed by atoms with Crippen LogP contribution < -0.4 is 0 Å². The van der Waals surface area contributed by atoms with Crippen molar-refractivity contribution in [3.05, 3.63) is 38.7 Å². The molecule has 104 valence electrons. The molecule has 0 spiro atoms. The maximum atomic E-state index is 12.0. The Kier molecular flexibility index (Phi) is 4.06. The van der Waals surface area contributed by atoms with E-state index in [0.717, 1.165) is 36.7 Å². The van der Waals surface area contributed by atoms with Crippen molar-refractivity contribution in [2.24, 2.45) is 4.99 Å². The molecule has 1 aromatic carbocycles. The Hall–Kier alpha value is -0.970. The Balaban J connectivity index is 1.82. The average Bonchev–Trinajstić information content (AvgIpc) is 3.03. The van der Waals surface area contributed by atoms with Gasteiger partial charge in [0, 0.05) is 23.1 Å². The molecule has 3 nitrogen and oxygen atoms in total. The van der Waals surface area contributed by atoms with E-state index < -0.39 is 0 Å². The van der Waals surface area contributed by atoms with E-state index in [0.29, 0.717) is 15.0 Å². The van der Waals surface area contributed by atoms with Gasteiger partial charge < -0.3 is 4.90 Å². The molecule has 1 fully saturated rings. The van der Waals surface area contributed by atoms with Crippen LogP contribution in [0.5, 0.6) is 0 Å². The van der Waals surface area contributed by atoms with Crippen LogP contribution in [0.1, 0.15) is 18.4 Å². The highest BCUT2D eigenvalue weighted by Crippen LogP contribution is 2.33. The van der Waals surface area contributed by atoms with Crippen LogP contribution in [0.25, 0.3) is 6.08 Å². The summed E-state index contributed by atoms with van der Waals surface area (Å²) in [7, 11) is 0. The van der Waals surface area contributed by atoms with Crippen LogP contribution in [0.3, 0.4) is 0 Å². The van der Waals surface area contributed by atoms with E-state index in [1.807, 2.05) is 0 Å². The standard InChI is InChI=1S/C14H12Cl2N2OS/c15-10-4-3-9(11(16)8-10)7-12-13(19)17-14(20-12)18-5-1-2-6-18/h3-4,7-8H,1-2,5-6H2. The predicted molar refractivity (Wildman–Crippen MR) is 85.3 cm³/mol. The van der Waals surface area contributed by atoms with E-state index in [-0.39, 0.29) is 5.91 Å². The van der Waals surface area contributed by atoms with Gasteiger partial charge in [-0.15, -0.1) is 0 Å². The fraction of sp³-hybridized carbons (Fsp3) is 0.286. The van der Waals surface area contributed by atoms with Gasteiger partial charge in [0.15, 0.2) is 5.17 Å². The van der Waals surface area contributed by atoms with Crippen LogP contribution in [0, 0.1) is 0 Å². The third-order valence-corrected chi connectivity index (χ3v) is 4.84. The summed E-state index contributed by atoms with van der Waals surface area (Å²) in [5, 5.41) is 1.92. The molecular formula is C14H12Cl2N2OS. The summed E-state index contributed by atoms with van der Waals surface area (Å²) < 4.78 is 0. The van der Waals surface area contributed by atoms with Crippen LogP contribution in [0.4, 0.5) is 0 Å². The number of halogens is 2. The Morgan fingerprint density at radius 3 is 2.70 bits per heavy atom. The number of hydrogen-bond donors (Lipinski definition) is 0. The lowest BCUT2D eigenvalue weighted by Crippen LogP contribution is -2.23. The van der Waals surface area contributed by atoms with Crippen molar-refractivity contribution in [1.29, 1.82) is 0 Å². The van der Waals surface area contributed by atoms with Gasteiger partial charge in [-0.25, -0.2) is 0 Å². The second-order valence-corrected chi connectivity index (χ2v) is 6.52. The number of benzene rings is 1. The van der Waals surface area contributed by atoms with Gasteiger partial charge in [-0.1, -0.05) is 29.3 Å². The van der Waals surface area contributed by atoms with Crippen molar-refractivity contribution < 1.29 is 4.79 Å². The van der Waals surface area contributed by atoms with Crippen molar-refractivity contribution in [2.75, 3.05) is 13.1 Å². The van der Waals surface area contributed by atoms with Gasteiger partial charge in [0.2, 0.25) is 0 Å². The first-order valence-electron chi connectivity index (χ1n) is 6.36. The SMILES string of the molecule is O=C1N=C(N2CCCC2)SC1=Cc1ccc(Cl)cc1Cl. The van der Waals surface area contributed by atoms with E-state index in [1.165, 1.54) is 11.8 Å². The first kappa shape index (κ1) is 14.0. The molecule has 3 rings (SSSR count). The van der Waals surface area contributed by atoms with Crippen molar-refractivity contribution in [1.82, 2.24) is 4.90 Å². The van der Waals surface area contributed by atoms with Crippen LogP contribution in [0.2, 0.25) is 10.0 Å². The zero-order valence-corrected chi connectivity index (χ0v) is 12.9. The minimum absolute atomic E-state index is 0.192. The molecular weight excluding hydrogens is 315 g/mol. The molecule has 20 heavy (non-hydrogen) atoms. The van der Waals surface area contributed by atoms with Crippen molar-refractivity contribution in [3.63, 3.8) is 0 Å². The van der Waals surface area contributed by atoms with Gasteiger partial charge >= 0.3 is 0 Å². The lowest BCUT2D eigenvalue weighted by molar-refractivity contribution is -0.113. The average molecular weight is 327 g/mol. The second-order valence-electron chi connectivity index (χ2n) is 4.67. The molecule has 6 heteroatoms. The summed E-state index contributed by atoms with van der Waals surface area (Å²) in [6.07, 6.45) is 4.10. The van der Waals surface area contributed by atoms with Crippen molar-refractivity contribution >= 4 is 52.1 Å². The van der Waals surface area contributed by atoms with Crippen LogP contribution in [-0.4, -0.2) is 29.1 Å². The topological polar surface area (TPSA) is 32.7 Å². The molecule has 0 saturated carbocycles. The maximum absolute atomic E-state index is 12.0. The minimum Gasteiger partial charge on any atom is -0.351 e. The molecule has 1 saturated heterocycles. The summed E-state index contributed by atoms with van der Waals surface area (Å²) in [4.78, 5) is 18.8. The van der Waals surface area contributed by atoms with Crippen LogP contribution in [0.15, 0.2) is 28.1 Å². The van der Waals surface area contributed by atoms with Gasteiger partial charge in [0.1, 0.15) is 0 Å². The zero-order chi connectivity index (χ0) is 14.1. The molecule has 2 aliphatic rings. The third-order valence-electron chi connectivity index (χ3n) is 3.23. The molecule has 0 atom stereocenters. The van der Waals surface area contributed by atoms with E-state index in [1.54, 1.807) is 24.3 Å². The highest BCUT2D eigenvalue weighted by atomic mass is 35.5. The monoisotopic (exact) mass is 326 g/mol. The Labute approximate surface area is 131 Å². The number of thioether (sulfide) groups is 1. The molecule has 0 radical (unpaired) electrons. The van der Waals surface area contributed by atoms with Crippen LogP contribution in [-0.2, 0) is 4.79 Å². The largest absolute Gasteiger partial charge is 0.351 e. The zero-order valence-electron chi connectivity index (χ0n) is 10.6. The summed E-state index contributed by atoms with van der Waals surface area (Å²) in [6.45, 7) is 1.96. The molecule has 0 unspecified atom stereocenters. The van der Waals surface area contributed by atoms with Crippen molar-refractivity contribution in [3.8, 4) is 0 Å². The first-order valence-corrected chi connectivity index (χ1v) is 7.93. The number of hydrogen-bond acceptors (Lipinski definition) is 3. The highest BCUT2D eigenvalue weighted by Gasteiger charge is 2.27. The number of rotatable bonds is 1. The van der Waals surface area contributed by atoms with Crippen molar-refractivity contribution in [2.45, 2.75) is 12.8 Å². The number of nitrogens with zero attached hydrogens (tertiary/aromatic N) is 2. The second kappa shape index (κ2) is 5.80. The van der Waals surface area contributed by atoms with E-state index in [9.17, 15) is 4.79 Å². The van der Waals surface area contributed by atoms with E-state index in [4.69, 9.17) is 23.2 Å². The van der Waals surface area contributed by atoms with Gasteiger partial charge in [0.25, 0.3) is 5.91 Å². The molecule has 1 amide bonds. The van der Waals surface area contributed by atoms with E-state index >= 15 is 0 Å². The number of aliphatic imine (C=N–C) groups is 1. The summed E-state index contributed by atoms with van der Waals surface area (Å²) in [5.74, 6) is -0.192. The summed E-state index contributed by atoms with van der Waals surface area (Å²) in [5.41, 5.74) is 0.782. The highest BCUT2D eigenvalue weighted by molar-refractivity contribution is 8.18. The quantitative estimate of drug-likeness (QED) is 0.729. The molecule has 0 aromatic heterocycles. The Bertz CT molecular complexity index is 622. The number of amides is 1. The van der Waals surface area contributed by atoms with Crippen LogP contribution >= 0.6 is 35.0 Å². The summed E-state index contributed by atoms with van der Waals surface area (Å²) >= 11 is 13.4. The summed E-state index contributed by atoms with van der Waals surface area (Å²) in [6, 6.07) is 5.23. The van der Waals surface area contributed by atoms with Gasteiger partial charge in [0.05, 0.1) is 4.91 Å². The molecule has 1 aromatic rings. The lowest BCUT2D eigenvalue weighted by Gasteiger charge is -2.14. The Morgan fingerprint density at radius 1 is 1.25 bits per heavy atom. The Morgan fingerprint density at radius 2 is 2.00 bits per heavy atom. The molecule has 0 bridgehead atoms. The normalized spacial score (nSPS) is 20.9. The molecule has 0 N–H and O–H groups in total. The molecule has 2 aliphatic heterocycles. The first-order chi connectivity index (χ1) is 9.63. The van der Waals surface area contributed by atoms with Gasteiger partial charge in [-0.2, -0.15) is 4.99 Å².